The van der Waals surface area contributed by atoms with Crippen LogP contribution in [0.5, 0.6) is 0 Å². The van der Waals surface area contributed by atoms with Gasteiger partial charge < -0.3 is 14.9 Å². The lowest BCUT2D eigenvalue weighted by Gasteiger charge is -2.33. The van der Waals surface area contributed by atoms with Crippen molar-refractivity contribution in [2.45, 2.75) is 53.8 Å². The quantitative estimate of drug-likeness (QED) is 0.507. The van der Waals surface area contributed by atoms with E-state index in [0.29, 0.717) is 0 Å². The molecule has 0 aromatic rings. The number of aliphatic hydroxyl groups is 1. The first-order chi connectivity index (χ1) is 10.5. The normalized spacial score (nSPS) is 20.9. The molecule has 0 aliphatic heterocycles. The van der Waals surface area contributed by atoms with Crippen molar-refractivity contribution in [1.82, 2.24) is 0 Å². The van der Waals surface area contributed by atoms with Crippen molar-refractivity contribution >= 4 is 15.6 Å². The Bertz CT molecular complexity index is 481. The van der Waals surface area contributed by atoms with E-state index in [9.17, 15) is 24.0 Å². The molecule has 0 aromatic carbocycles. The largest absolute Gasteiger partial charge is 0.472 e. The van der Waals surface area contributed by atoms with Crippen LogP contribution in [0.4, 0.5) is 0 Å². The second-order valence-corrected chi connectivity index (χ2v) is 10.4. The molecule has 0 saturated heterocycles. The Balaban J connectivity index is 5.01. The van der Waals surface area contributed by atoms with Crippen molar-refractivity contribution in [1.29, 1.82) is 0 Å². The first-order valence-electron chi connectivity index (χ1n) is 7.37. The third-order valence-corrected chi connectivity index (χ3v) is 5.22. The summed E-state index contributed by atoms with van der Waals surface area (Å²) >= 11 is 0. The highest BCUT2D eigenvalue weighted by Crippen LogP contribution is 2.50. The third kappa shape index (κ3) is 9.04. The van der Waals surface area contributed by atoms with Crippen LogP contribution in [-0.2, 0) is 27.2 Å². The maximum absolute atomic E-state index is 12.1. The number of phosphoric acid groups is 2. The van der Waals surface area contributed by atoms with Crippen LogP contribution in [0.3, 0.4) is 0 Å². The molecule has 4 unspecified atom stereocenters. The Hall–Kier alpha value is 0.180. The first-order valence-corrected chi connectivity index (χ1v) is 10.4. The number of hydrogen-bond acceptors (Lipinski definition) is 7. The van der Waals surface area contributed by atoms with Gasteiger partial charge in [0.25, 0.3) is 0 Å². The van der Waals surface area contributed by atoms with Gasteiger partial charge in [0, 0.05) is 7.11 Å². The fourth-order valence-corrected chi connectivity index (χ4v) is 3.33. The number of phosphoric ester groups is 2. The average Bonchev–Trinajstić information content (AvgIpc) is 2.38. The Morgan fingerprint density at radius 2 is 1.29 bits per heavy atom. The Morgan fingerprint density at radius 3 is 1.62 bits per heavy atom. The number of aliphatic hydroxyl groups excluding tert-OH is 1. The van der Waals surface area contributed by atoms with Crippen LogP contribution in [-0.4, -0.2) is 47.4 Å². The molecule has 0 aliphatic carbocycles. The van der Waals surface area contributed by atoms with Crippen LogP contribution in [0.25, 0.3) is 0 Å². The van der Waals surface area contributed by atoms with Crippen LogP contribution in [0, 0.1) is 10.8 Å². The second kappa shape index (κ2) is 8.71. The number of hydrogen-bond donors (Lipinski definition) is 3. The molecule has 24 heavy (non-hydrogen) atoms. The van der Waals surface area contributed by atoms with Crippen molar-refractivity contribution in [3.05, 3.63) is 0 Å². The Labute approximate surface area is 143 Å². The van der Waals surface area contributed by atoms with Crippen molar-refractivity contribution in [2.75, 3.05) is 20.3 Å². The van der Waals surface area contributed by atoms with Gasteiger partial charge in [-0.2, -0.15) is 0 Å². The van der Waals surface area contributed by atoms with Gasteiger partial charge in [-0.05, 0) is 10.8 Å². The third-order valence-electron chi connectivity index (χ3n) is 3.24. The molecule has 11 heteroatoms. The molecule has 0 aliphatic rings. The number of rotatable bonds is 9. The topological polar surface area (TPSA) is 132 Å². The van der Waals surface area contributed by atoms with Crippen molar-refractivity contribution in [3.8, 4) is 0 Å². The molecular weight excluding hydrogens is 362 g/mol. The second-order valence-electron chi connectivity index (χ2n) is 7.52. The van der Waals surface area contributed by atoms with E-state index in [1.165, 1.54) is 0 Å². The summed E-state index contributed by atoms with van der Waals surface area (Å²) in [5.41, 5.74) is -1.27. The van der Waals surface area contributed by atoms with E-state index in [1.54, 1.807) is 41.5 Å². The molecule has 0 spiro atoms. The molecule has 146 valence electrons. The van der Waals surface area contributed by atoms with E-state index >= 15 is 0 Å². The maximum atomic E-state index is 12.1. The summed E-state index contributed by atoms with van der Waals surface area (Å²) in [5, 5.41) is 9.29. The fraction of sp³-hybridized carbons (Fsp3) is 1.00. The van der Waals surface area contributed by atoms with Crippen LogP contribution in [0.15, 0.2) is 0 Å². The minimum atomic E-state index is -4.51. The molecule has 0 rings (SSSR count). The molecule has 0 radical (unpaired) electrons. The van der Waals surface area contributed by atoms with Gasteiger partial charge in [-0.15, -0.1) is 0 Å². The van der Waals surface area contributed by atoms with E-state index in [2.05, 4.69) is 4.52 Å². The molecule has 9 nitrogen and oxygen atoms in total. The van der Waals surface area contributed by atoms with Crippen LogP contribution in [0.1, 0.15) is 41.5 Å². The molecule has 4 atom stereocenters. The zero-order chi connectivity index (χ0) is 19.4. The van der Waals surface area contributed by atoms with E-state index in [4.69, 9.17) is 13.6 Å². The van der Waals surface area contributed by atoms with E-state index in [-0.39, 0.29) is 0 Å². The van der Waals surface area contributed by atoms with Gasteiger partial charge in [-0.1, -0.05) is 41.5 Å². The van der Waals surface area contributed by atoms with Crippen LogP contribution >= 0.6 is 15.6 Å². The maximum Gasteiger partial charge on any atom is 0.472 e. The van der Waals surface area contributed by atoms with Gasteiger partial charge in [0.05, 0.1) is 25.4 Å². The molecule has 0 saturated carbocycles. The Morgan fingerprint density at radius 1 is 0.875 bits per heavy atom. The SMILES string of the molecule is COP(=O)(O)OC(COP(=O)(O)OC(CO)C(C)(C)C)C(C)(C)C. The summed E-state index contributed by atoms with van der Waals surface area (Å²) < 4.78 is 42.9. The fourth-order valence-electron chi connectivity index (χ4n) is 1.46. The molecular formula is C13H30O9P2. The van der Waals surface area contributed by atoms with Gasteiger partial charge in [-0.25, -0.2) is 9.13 Å². The standard InChI is InChI=1S/C13H30O9P2/c1-12(2,3)10(8-14)21-24(17,18)20-9-11(13(4,5)6)22-23(15,16)19-7/h10-11,14H,8-9H2,1-7H3,(H,15,16)(H,17,18). The highest BCUT2D eigenvalue weighted by molar-refractivity contribution is 7.47. The minimum Gasteiger partial charge on any atom is -0.394 e. The summed E-state index contributed by atoms with van der Waals surface area (Å²) in [7, 11) is -7.80. The highest BCUT2D eigenvalue weighted by atomic mass is 31.2. The van der Waals surface area contributed by atoms with Crippen molar-refractivity contribution in [2.24, 2.45) is 10.8 Å². The predicted octanol–water partition coefficient (Wildman–Crippen LogP) is 2.71. The van der Waals surface area contributed by atoms with Gasteiger partial charge in [0.15, 0.2) is 0 Å². The molecule has 0 aromatic heterocycles. The summed E-state index contributed by atoms with van der Waals surface area (Å²) in [4.78, 5) is 19.3. The van der Waals surface area contributed by atoms with Gasteiger partial charge in [0.2, 0.25) is 0 Å². The predicted molar refractivity (Wildman–Crippen MR) is 88.4 cm³/mol. The smallest absolute Gasteiger partial charge is 0.394 e. The Kier molecular flexibility index (Phi) is 8.78. The average molecular weight is 392 g/mol. The van der Waals surface area contributed by atoms with Gasteiger partial charge in [0.1, 0.15) is 0 Å². The lowest BCUT2D eigenvalue weighted by atomic mass is 9.90. The first kappa shape index (κ1) is 24.2. The minimum absolute atomic E-state index is 0.466. The summed E-state index contributed by atoms with van der Waals surface area (Å²) in [6.07, 6.45) is -1.94. The summed E-state index contributed by atoms with van der Waals surface area (Å²) in [6, 6.07) is 0. The zero-order valence-corrected chi connectivity index (χ0v) is 17.0. The molecule has 3 N–H and O–H groups in total. The monoisotopic (exact) mass is 392 g/mol. The lowest BCUT2D eigenvalue weighted by molar-refractivity contribution is -0.0224. The van der Waals surface area contributed by atoms with Gasteiger partial charge >= 0.3 is 15.6 Å². The zero-order valence-electron chi connectivity index (χ0n) is 15.3. The van der Waals surface area contributed by atoms with E-state index in [1.807, 2.05) is 0 Å². The van der Waals surface area contributed by atoms with E-state index < -0.39 is 51.9 Å². The van der Waals surface area contributed by atoms with Crippen molar-refractivity contribution < 1.29 is 42.1 Å². The summed E-state index contributed by atoms with van der Waals surface area (Å²) in [5.74, 6) is 0. The molecule has 0 bridgehead atoms. The van der Waals surface area contributed by atoms with Gasteiger partial charge in [-0.3, -0.25) is 18.1 Å². The van der Waals surface area contributed by atoms with Crippen molar-refractivity contribution in [3.63, 3.8) is 0 Å². The molecule has 0 amide bonds. The lowest BCUT2D eigenvalue weighted by Crippen LogP contribution is -2.34. The highest BCUT2D eigenvalue weighted by Gasteiger charge is 2.38. The summed E-state index contributed by atoms with van der Waals surface area (Å²) in [6.45, 7) is 9.35. The molecule has 0 fully saturated rings. The van der Waals surface area contributed by atoms with Crippen LogP contribution in [0.2, 0.25) is 0 Å². The van der Waals surface area contributed by atoms with E-state index in [0.717, 1.165) is 7.11 Å². The van der Waals surface area contributed by atoms with Crippen LogP contribution < -0.4 is 0 Å². The molecule has 0 heterocycles.